The molecule has 1 aliphatic rings. The predicted molar refractivity (Wildman–Crippen MR) is 118 cm³/mol. The molecule has 0 fully saturated rings. The summed E-state index contributed by atoms with van der Waals surface area (Å²) in [6, 6.07) is 25.6. The lowest BCUT2D eigenvalue weighted by Gasteiger charge is -2.27. The molecule has 1 N–H and O–H groups in total. The van der Waals surface area contributed by atoms with Crippen LogP contribution >= 0.6 is 11.6 Å². The van der Waals surface area contributed by atoms with Crippen LogP contribution < -0.4 is 0 Å². The van der Waals surface area contributed by atoms with E-state index in [1.807, 2.05) is 59.5 Å². The van der Waals surface area contributed by atoms with Gasteiger partial charge >= 0.3 is 0 Å². The lowest BCUT2D eigenvalue weighted by Crippen LogP contribution is -2.29. The van der Waals surface area contributed by atoms with E-state index in [9.17, 15) is 4.79 Å². The summed E-state index contributed by atoms with van der Waals surface area (Å²) in [4.78, 5) is 15.3. The van der Waals surface area contributed by atoms with Crippen molar-refractivity contribution in [1.82, 2.24) is 15.1 Å². The Balaban J connectivity index is 1.66. The number of nitrogens with zero attached hydrogens (tertiary/aromatic N) is 2. The zero-order valence-corrected chi connectivity index (χ0v) is 17.2. The normalized spacial score (nSPS) is 15.5. The number of H-pyrrole nitrogens is 1. The van der Waals surface area contributed by atoms with Gasteiger partial charge in [0, 0.05) is 22.7 Å². The van der Waals surface area contributed by atoms with Crippen LogP contribution in [-0.4, -0.2) is 21.0 Å². The van der Waals surface area contributed by atoms with Gasteiger partial charge in [-0.3, -0.25) is 9.89 Å². The number of rotatable bonds is 4. The van der Waals surface area contributed by atoms with E-state index in [1.165, 1.54) is 5.56 Å². The average Bonchev–Trinajstić information content (AvgIpc) is 3.31. The lowest BCUT2D eigenvalue weighted by molar-refractivity contribution is 0.0730. The van der Waals surface area contributed by atoms with Gasteiger partial charge in [-0.25, -0.2) is 0 Å². The van der Waals surface area contributed by atoms with E-state index in [0.29, 0.717) is 17.3 Å². The first-order chi connectivity index (χ1) is 14.6. The smallest absolute Gasteiger partial charge is 0.273 e. The molecule has 3 aromatic carbocycles. The van der Waals surface area contributed by atoms with E-state index in [1.54, 1.807) is 0 Å². The Morgan fingerprint density at radius 1 is 0.967 bits per heavy atom. The molecule has 5 heteroatoms. The molecule has 1 amide bonds. The van der Waals surface area contributed by atoms with Gasteiger partial charge in [0.1, 0.15) is 5.69 Å². The quantitative estimate of drug-likeness (QED) is 0.460. The van der Waals surface area contributed by atoms with Gasteiger partial charge in [-0.2, -0.15) is 5.10 Å². The van der Waals surface area contributed by atoms with Gasteiger partial charge < -0.3 is 4.90 Å². The van der Waals surface area contributed by atoms with E-state index < -0.39 is 0 Å². The number of amides is 1. The van der Waals surface area contributed by atoms with Crippen molar-refractivity contribution in [2.24, 2.45) is 0 Å². The standard InChI is InChI=1S/C25H20ClN3O/c1-16-11-13-17(14-12-16)15-29-24(19-9-5-6-10-20(19)26)21-22(18-7-3-2-4-8-18)27-28-23(21)25(29)30/h2-14,24H,15H2,1H3,(H,27,28). The van der Waals surface area contributed by atoms with Crippen LogP contribution in [-0.2, 0) is 6.54 Å². The molecule has 0 radical (unpaired) electrons. The Morgan fingerprint density at radius 2 is 1.67 bits per heavy atom. The highest BCUT2D eigenvalue weighted by atomic mass is 35.5. The summed E-state index contributed by atoms with van der Waals surface area (Å²) >= 11 is 6.60. The average molecular weight is 414 g/mol. The predicted octanol–water partition coefficient (Wildman–Crippen LogP) is 5.78. The molecule has 0 aliphatic carbocycles. The molecule has 0 spiro atoms. The first-order valence-corrected chi connectivity index (χ1v) is 10.3. The van der Waals surface area contributed by atoms with Gasteiger partial charge in [-0.15, -0.1) is 0 Å². The maximum atomic E-state index is 13.4. The van der Waals surface area contributed by atoms with E-state index in [2.05, 4.69) is 41.4 Å². The third-order valence-electron chi connectivity index (χ3n) is 5.58. The van der Waals surface area contributed by atoms with Gasteiger partial charge in [-0.05, 0) is 24.1 Å². The molecule has 0 bridgehead atoms. The Bertz CT molecular complexity index is 1210. The molecule has 1 aromatic heterocycles. The van der Waals surface area contributed by atoms with Gasteiger partial charge in [0.25, 0.3) is 5.91 Å². The van der Waals surface area contributed by atoms with Crippen molar-refractivity contribution >= 4 is 17.5 Å². The number of hydrogen-bond donors (Lipinski definition) is 1. The maximum Gasteiger partial charge on any atom is 0.273 e. The van der Waals surface area contributed by atoms with Crippen molar-refractivity contribution in [3.8, 4) is 11.3 Å². The molecular formula is C25H20ClN3O. The van der Waals surface area contributed by atoms with Crippen molar-refractivity contribution in [2.45, 2.75) is 19.5 Å². The highest BCUT2D eigenvalue weighted by Gasteiger charge is 2.42. The molecule has 4 aromatic rings. The van der Waals surface area contributed by atoms with Crippen LogP contribution in [0.3, 0.4) is 0 Å². The molecule has 5 rings (SSSR count). The summed E-state index contributed by atoms with van der Waals surface area (Å²) in [6.45, 7) is 2.55. The van der Waals surface area contributed by atoms with Crippen LogP contribution in [0.4, 0.5) is 0 Å². The Morgan fingerprint density at radius 3 is 2.40 bits per heavy atom. The first-order valence-electron chi connectivity index (χ1n) is 9.88. The van der Waals surface area contributed by atoms with Crippen molar-refractivity contribution in [1.29, 1.82) is 0 Å². The summed E-state index contributed by atoms with van der Waals surface area (Å²) in [5.74, 6) is -0.0647. The molecule has 148 valence electrons. The minimum Gasteiger partial charge on any atom is -0.322 e. The van der Waals surface area contributed by atoms with Crippen LogP contribution in [0.2, 0.25) is 5.02 Å². The second-order valence-corrected chi connectivity index (χ2v) is 7.98. The largest absolute Gasteiger partial charge is 0.322 e. The fourth-order valence-corrected chi connectivity index (χ4v) is 4.33. The van der Waals surface area contributed by atoms with Crippen molar-refractivity contribution in [2.75, 3.05) is 0 Å². The number of halogens is 1. The minimum absolute atomic E-state index is 0.0647. The van der Waals surface area contributed by atoms with Crippen molar-refractivity contribution in [3.05, 3.63) is 112 Å². The van der Waals surface area contributed by atoms with Crippen molar-refractivity contribution in [3.63, 3.8) is 0 Å². The third kappa shape index (κ3) is 3.10. The van der Waals surface area contributed by atoms with Gasteiger partial charge in [0.05, 0.1) is 11.7 Å². The lowest BCUT2D eigenvalue weighted by atomic mass is 9.96. The number of fused-ring (bicyclic) bond motifs is 1. The highest BCUT2D eigenvalue weighted by molar-refractivity contribution is 6.31. The number of nitrogens with one attached hydrogen (secondary N) is 1. The van der Waals surface area contributed by atoms with Crippen molar-refractivity contribution < 1.29 is 4.79 Å². The molecule has 1 atom stereocenters. The third-order valence-corrected chi connectivity index (χ3v) is 5.93. The van der Waals surface area contributed by atoms with E-state index in [4.69, 9.17) is 11.6 Å². The van der Waals surface area contributed by atoms with Gasteiger partial charge in [-0.1, -0.05) is 90.0 Å². The summed E-state index contributed by atoms with van der Waals surface area (Å²) in [7, 11) is 0. The van der Waals surface area contributed by atoms with E-state index in [0.717, 1.165) is 27.9 Å². The van der Waals surface area contributed by atoms with Gasteiger partial charge in [0.15, 0.2) is 0 Å². The SMILES string of the molecule is Cc1ccc(CN2C(=O)c3[nH]nc(-c4ccccc4)c3C2c2ccccc2Cl)cc1. The van der Waals surface area contributed by atoms with Crippen LogP contribution in [0.25, 0.3) is 11.3 Å². The van der Waals surface area contributed by atoms with E-state index >= 15 is 0 Å². The number of hydrogen-bond acceptors (Lipinski definition) is 2. The number of aromatic amines is 1. The monoisotopic (exact) mass is 413 g/mol. The molecule has 1 aliphatic heterocycles. The second-order valence-electron chi connectivity index (χ2n) is 7.57. The zero-order chi connectivity index (χ0) is 20.7. The van der Waals surface area contributed by atoms with E-state index in [-0.39, 0.29) is 11.9 Å². The fraction of sp³-hybridized carbons (Fsp3) is 0.120. The number of aromatic nitrogens is 2. The van der Waals surface area contributed by atoms with Crippen LogP contribution in [0.5, 0.6) is 0 Å². The highest BCUT2D eigenvalue weighted by Crippen LogP contribution is 2.45. The number of carbonyl (C=O) groups excluding carboxylic acids is 1. The molecular weight excluding hydrogens is 394 g/mol. The molecule has 30 heavy (non-hydrogen) atoms. The molecule has 2 heterocycles. The summed E-state index contributed by atoms with van der Waals surface area (Å²) in [5, 5.41) is 8.13. The Hall–Kier alpha value is -3.37. The number of benzene rings is 3. The molecule has 4 nitrogen and oxygen atoms in total. The summed E-state index contributed by atoms with van der Waals surface area (Å²) in [5.41, 5.74) is 6.34. The Kier molecular flexibility index (Phi) is 4.64. The first kappa shape index (κ1) is 18.6. The molecule has 0 saturated heterocycles. The zero-order valence-electron chi connectivity index (χ0n) is 16.5. The molecule has 0 saturated carbocycles. The number of aryl methyl sites for hydroxylation is 1. The summed E-state index contributed by atoms with van der Waals surface area (Å²) in [6.07, 6.45) is 0. The maximum absolute atomic E-state index is 13.4. The fourth-order valence-electron chi connectivity index (χ4n) is 4.09. The molecule has 1 unspecified atom stereocenters. The Labute approximate surface area is 180 Å². The van der Waals surface area contributed by atoms with Gasteiger partial charge in [0.2, 0.25) is 0 Å². The summed E-state index contributed by atoms with van der Waals surface area (Å²) < 4.78 is 0. The van der Waals surface area contributed by atoms with Crippen LogP contribution in [0.1, 0.15) is 38.8 Å². The minimum atomic E-state index is -0.309. The van der Waals surface area contributed by atoms with Crippen LogP contribution in [0.15, 0.2) is 78.9 Å². The topological polar surface area (TPSA) is 49.0 Å². The second kappa shape index (κ2) is 7.47. The number of carbonyl (C=O) groups is 1. The van der Waals surface area contributed by atoms with Crippen LogP contribution in [0, 0.1) is 6.92 Å².